The smallest absolute Gasteiger partial charge is 0.128 e. The second-order valence-electron chi connectivity index (χ2n) is 4.17. The minimum Gasteiger partial charge on any atom is -0.489 e. The summed E-state index contributed by atoms with van der Waals surface area (Å²) in [5, 5.41) is 4.15. The molecule has 1 aromatic carbocycles. The highest BCUT2D eigenvalue weighted by Gasteiger charge is 2.03. The summed E-state index contributed by atoms with van der Waals surface area (Å²) in [6.07, 6.45) is 3.63. The van der Waals surface area contributed by atoms with Crippen molar-refractivity contribution >= 4 is 0 Å². The molecule has 0 aliphatic rings. The highest BCUT2D eigenvalue weighted by molar-refractivity contribution is 5.40. The molecule has 0 saturated carbocycles. The summed E-state index contributed by atoms with van der Waals surface area (Å²) in [6, 6.07) is 4.37. The summed E-state index contributed by atoms with van der Waals surface area (Å²) >= 11 is 0. The van der Waals surface area contributed by atoms with E-state index in [0.29, 0.717) is 17.9 Å². The molecule has 2 N–H and O–H groups in total. The van der Waals surface area contributed by atoms with Crippen molar-refractivity contribution < 1.29 is 9.13 Å². The van der Waals surface area contributed by atoms with Gasteiger partial charge in [0.2, 0.25) is 0 Å². The Bertz CT molecular complexity index is 640. The van der Waals surface area contributed by atoms with Crippen molar-refractivity contribution in [1.82, 2.24) is 9.78 Å². The van der Waals surface area contributed by atoms with Crippen LogP contribution in [0.3, 0.4) is 0 Å². The number of rotatable bonds is 4. The second-order valence-corrected chi connectivity index (χ2v) is 4.17. The topological polar surface area (TPSA) is 53.1 Å². The Balaban J connectivity index is 2.07. The maximum atomic E-state index is 13.4. The fourth-order valence-electron chi connectivity index (χ4n) is 1.69. The van der Waals surface area contributed by atoms with E-state index < -0.39 is 0 Å². The molecule has 0 spiro atoms. The van der Waals surface area contributed by atoms with E-state index in [1.807, 2.05) is 17.8 Å². The maximum Gasteiger partial charge on any atom is 0.128 e. The summed E-state index contributed by atoms with van der Waals surface area (Å²) in [5.74, 6) is 5.53. The SMILES string of the molecule is CCn1cc(COc2cc(F)cc(C#CCN)c2)cn1. The van der Waals surface area contributed by atoms with E-state index in [0.717, 1.165) is 12.1 Å². The van der Waals surface area contributed by atoms with Crippen LogP contribution in [0.4, 0.5) is 4.39 Å². The molecule has 0 saturated heterocycles. The van der Waals surface area contributed by atoms with Gasteiger partial charge in [-0.25, -0.2) is 4.39 Å². The van der Waals surface area contributed by atoms with Crippen molar-refractivity contribution in [3.63, 3.8) is 0 Å². The summed E-state index contributed by atoms with van der Waals surface area (Å²) in [6.45, 7) is 3.39. The summed E-state index contributed by atoms with van der Waals surface area (Å²) in [7, 11) is 0. The number of nitrogens with zero attached hydrogens (tertiary/aromatic N) is 2. The van der Waals surface area contributed by atoms with Crippen LogP contribution in [0.15, 0.2) is 30.6 Å². The van der Waals surface area contributed by atoms with Gasteiger partial charge in [0, 0.05) is 29.9 Å². The van der Waals surface area contributed by atoms with Crippen molar-refractivity contribution in [2.75, 3.05) is 6.54 Å². The van der Waals surface area contributed by atoms with Crippen LogP contribution in [-0.4, -0.2) is 16.3 Å². The lowest BCUT2D eigenvalue weighted by Crippen LogP contribution is -1.97. The standard InChI is InChI=1S/C15H16FN3O/c1-2-19-10-13(9-18-19)11-20-15-7-12(4-3-5-17)6-14(16)8-15/h6-10H,2,5,11,17H2,1H3. The molecular formula is C15H16FN3O. The van der Waals surface area contributed by atoms with E-state index >= 15 is 0 Å². The molecule has 1 aromatic heterocycles. The van der Waals surface area contributed by atoms with Crippen LogP contribution in [0.2, 0.25) is 0 Å². The first-order valence-electron chi connectivity index (χ1n) is 6.35. The van der Waals surface area contributed by atoms with Crippen molar-refractivity contribution in [3.8, 4) is 17.6 Å². The lowest BCUT2D eigenvalue weighted by Gasteiger charge is -2.05. The average Bonchev–Trinajstić information content (AvgIpc) is 2.90. The third-order valence-corrected chi connectivity index (χ3v) is 2.62. The van der Waals surface area contributed by atoms with Crippen LogP contribution in [-0.2, 0) is 13.2 Å². The first-order chi connectivity index (χ1) is 9.71. The Morgan fingerprint density at radius 1 is 1.40 bits per heavy atom. The number of aryl methyl sites for hydroxylation is 1. The van der Waals surface area contributed by atoms with Gasteiger partial charge in [-0.1, -0.05) is 11.8 Å². The van der Waals surface area contributed by atoms with Gasteiger partial charge in [0.15, 0.2) is 0 Å². The van der Waals surface area contributed by atoms with Crippen LogP contribution in [0.1, 0.15) is 18.1 Å². The van der Waals surface area contributed by atoms with Gasteiger partial charge < -0.3 is 10.5 Å². The Labute approximate surface area is 117 Å². The van der Waals surface area contributed by atoms with Gasteiger partial charge >= 0.3 is 0 Å². The van der Waals surface area contributed by atoms with E-state index in [1.165, 1.54) is 12.1 Å². The quantitative estimate of drug-likeness (QED) is 0.866. The summed E-state index contributed by atoms with van der Waals surface area (Å²) in [5.41, 5.74) is 6.78. The van der Waals surface area contributed by atoms with Gasteiger partial charge in [0.05, 0.1) is 12.7 Å². The van der Waals surface area contributed by atoms with Crippen molar-refractivity contribution in [3.05, 3.63) is 47.5 Å². The maximum absolute atomic E-state index is 13.4. The predicted molar refractivity (Wildman–Crippen MR) is 74.6 cm³/mol. The van der Waals surface area contributed by atoms with Crippen LogP contribution >= 0.6 is 0 Å². The number of hydrogen-bond donors (Lipinski definition) is 1. The largest absolute Gasteiger partial charge is 0.489 e. The molecule has 0 radical (unpaired) electrons. The normalized spacial score (nSPS) is 9.95. The number of benzene rings is 1. The zero-order valence-corrected chi connectivity index (χ0v) is 11.3. The third kappa shape index (κ3) is 3.84. The Morgan fingerprint density at radius 3 is 2.95 bits per heavy atom. The minimum absolute atomic E-state index is 0.239. The number of hydrogen-bond acceptors (Lipinski definition) is 3. The molecule has 1 heterocycles. The lowest BCUT2D eigenvalue weighted by molar-refractivity contribution is 0.304. The number of halogens is 1. The molecule has 0 atom stereocenters. The molecule has 2 aromatic rings. The molecule has 0 aliphatic heterocycles. The van der Waals surface area contributed by atoms with E-state index in [4.69, 9.17) is 10.5 Å². The minimum atomic E-state index is -0.381. The van der Waals surface area contributed by atoms with Crippen molar-refractivity contribution in [2.24, 2.45) is 5.73 Å². The molecular weight excluding hydrogens is 257 g/mol. The van der Waals surface area contributed by atoms with E-state index in [1.54, 1.807) is 12.3 Å². The highest BCUT2D eigenvalue weighted by atomic mass is 19.1. The van der Waals surface area contributed by atoms with Gasteiger partial charge in [-0.05, 0) is 19.1 Å². The van der Waals surface area contributed by atoms with Crippen molar-refractivity contribution in [2.45, 2.75) is 20.1 Å². The number of ether oxygens (including phenoxy) is 1. The molecule has 2 rings (SSSR count). The Hall–Kier alpha value is -2.32. The zero-order valence-electron chi connectivity index (χ0n) is 11.3. The number of nitrogens with two attached hydrogens (primary N) is 1. The van der Waals surface area contributed by atoms with Crippen LogP contribution < -0.4 is 10.5 Å². The zero-order chi connectivity index (χ0) is 14.4. The first kappa shape index (κ1) is 14.1. The van der Waals surface area contributed by atoms with Gasteiger partial charge in [-0.2, -0.15) is 5.10 Å². The number of aromatic nitrogens is 2. The molecule has 104 valence electrons. The third-order valence-electron chi connectivity index (χ3n) is 2.62. The fraction of sp³-hybridized carbons (Fsp3) is 0.267. The predicted octanol–water partition coefficient (Wildman–Crippen LogP) is 1.93. The van der Waals surface area contributed by atoms with E-state index in [9.17, 15) is 4.39 Å². The molecule has 0 fully saturated rings. The Morgan fingerprint density at radius 2 is 2.25 bits per heavy atom. The molecule has 4 nitrogen and oxygen atoms in total. The monoisotopic (exact) mass is 273 g/mol. The summed E-state index contributed by atoms with van der Waals surface area (Å²) < 4.78 is 20.8. The fourth-order valence-corrected chi connectivity index (χ4v) is 1.69. The molecule has 0 unspecified atom stereocenters. The van der Waals surface area contributed by atoms with Gasteiger partial charge in [0.25, 0.3) is 0 Å². The molecule has 0 bridgehead atoms. The van der Waals surface area contributed by atoms with Gasteiger partial charge in [-0.3, -0.25) is 4.68 Å². The van der Waals surface area contributed by atoms with Crippen molar-refractivity contribution in [1.29, 1.82) is 0 Å². The van der Waals surface area contributed by atoms with Gasteiger partial charge in [0.1, 0.15) is 18.2 Å². The van der Waals surface area contributed by atoms with Crippen LogP contribution in [0, 0.1) is 17.7 Å². The molecule has 5 heteroatoms. The first-order valence-corrected chi connectivity index (χ1v) is 6.35. The highest BCUT2D eigenvalue weighted by Crippen LogP contribution is 2.17. The lowest BCUT2D eigenvalue weighted by atomic mass is 10.2. The van der Waals surface area contributed by atoms with E-state index in [-0.39, 0.29) is 12.4 Å². The molecule has 20 heavy (non-hydrogen) atoms. The molecule has 0 aliphatic carbocycles. The van der Waals surface area contributed by atoms with Crippen LogP contribution in [0.5, 0.6) is 5.75 Å². The Kier molecular flexibility index (Phi) is 4.75. The van der Waals surface area contributed by atoms with E-state index in [2.05, 4.69) is 16.9 Å². The van der Waals surface area contributed by atoms with Gasteiger partial charge in [-0.15, -0.1) is 0 Å². The average molecular weight is 273 g/mol. The van der Waals surface area contributed by atoms with Crippen LogP contribution in [0.25, 0.3) is 0 Å². The molecule has 0 amide bonds. The second kappa shape index (κ2) is 6.73. The summed E-state index contributed by atoms with van der Waals surface area (Å²) in [4.78, 5) is 0.